The van der Waals surface area contributed by atoms with Crippen LogP contribution in [0.1, 0.15) is 57.4 Å². The zero-order chi connectivity index (χ0) is 13.5. The van der Waals surface area contributed by atoms with Crippen LogP contribution >= 0.6 is 0 Å². The molecule has 0 heterocycles. The molecule has 0 saturated heterocycles. The molecule has 1 aromatic carbocycles. The number of rotatable bonds is 7. The van der Waals surface area contributed by atoms with Crippen molar-refractivity contribution in [3.8, 4) is 5.75 Å². The molecule has 1 aliphatic rings. The van der Waals surface area contributed by atoms with Gasteiger partial charge < -0.3 is 10.1 Å². The van der Waals surface area contributed by atoms with Gasteiger partial charge >= 0.3 is 0 Å². The first-order valence-electron chi connectivity index (χ1n) is 7.75. The van der Waals surface area contributed by atoms with Crippen molar-refractivity contribution in [1.29, 1.82) is 0 Å². The second kappa shape index (κ2) is 7.54. The van der Waals surface area contributed by atoms with E-state index in [4.69, 9.17) is 4.74 Å². The number of nitrogens with one attached hydrogen (secondary N) is 1. The minimum atomic E-state index is 0.637. The Morgan fingerprint density at radius 2 is 1.89 bits per heavy atom. The summed E-state index contributed by atoms with van der Waals surface area (Å²) in [5.41, 5.74) is 1.40. The predicted molar refractivity (Wildman–Crippen MR) is 80.9 cm³/mol. The molecule has 1 N–H and O–H groups in total. The monoisotopic (exact) mass is 261 g/mol. The molecule has 0 radical (unpaired) electrons. The molecule has 1 fully saturated rings. The molecule has 2 nitrogen and oxygen atoms in total. The standard InChI is InChI=1S/C17H27NO/c1-3-14(2)15-8-10-17(11-9-15)19-13-12-18-16-6-4-5-7-16/h8-11,14,16,18H,3-7,12-13H2,1-2H3. The smallest absolute Gasteiger partial charge is 0.119 e. The maximum absolute atomic E-state index is 5.77. The minimum absolute atomic E-state index is 0.637. The molecule has 1 aromatic rings. The van der Waals surface area contributed by atoms with Gasteiger partial charge in [0.25, 0.3) is 0 Å². The Hall–Kier alpha value is -1.02. The molecule has 0 aliphatic heterocycles. The van der Waals surface area contributed by atoms with E-state index in [1.807, 2.05) is 0 Å². The van der Waals surface area contributed by atoms with Gasteiger partial charge in [0.1, 0.15) is 12.4 Å². The lowest BCUT2D eigenvalue weighted by atomic mass is 9.99. The van der Waals surface area contributed by atoms with Crippen molar-refractivity contribution in [2.75, 3.05) is 13.2 Å². The molecule has 0 aromatic heterocycles. The highest BCUT2D eigenvalue weighted by atomic mass is 16.5. The highest BCUT2D eigenvalue weighted by Gasteiger charge is 2.13. The molecule has 1 atom stereocenters. The molecule has 0 bridgehead atoms. The van der Waals surface area contributed by atoms with Crippen LogP contribution in [0, 0.1) is 0 Å². The highest BCUT2D eigenvalue weighted by Crippen LogP contribution is 2.21. The zero-order valence-electron chi connectivity index (χ0n) is 12.3. The van der Waals surface area contributed by atoms with E-state index in [-0.39, 0.29) is 0 Å². The normalized spacial score (nSPS) is 17.6. The maximum atomic E-state index is 5.77. The van der Waals surface area contributed by atoms with Crippen LogP contribution in [0.5, 0.6) is 5.75 Å². The molecule has 2 heteroatoms. The second-order valence-electron chi connectivity index (χ2n) is 5.66. The van der Waals surface area contributed by atoms with Crippen LogP contribution in [-0.2, 0) is 0 Å². The van der Waals surface area contributed by atoms with Gasteiger partial charge in [0.15, 0.2) is 0 Å². The topological polar surface area (TPSA) is 21.3 Å². The van der Waals surface area contributed by atoms with E-state index in [9.17, 15) is 0 Å². The molecule has 0 spiro atoms. The average Bonchev–Trinajstić information content (AvgIpc) is 2.96. The third kappa shape index (κ3) is 4.54. The van der Waals surface area contributed by atoms with E-state index in [1.165, 1.54) is 37.7 Å². The fourth-order valence-corrected chi connectivity index (χ4v) is 2.69. The Labute approximate surface area is 117 Å². The number of hydrogen-bond acceptors (Lipinski definition) is 2. The predicted octanol–water partition coefficient (Wildman–Crippen LogP) is 4.11. The van der Waals surface area contributed by atoms with Gasteiger partial charge in [-0.25, -0.2) is 0 Å². The van der Waals surface area contributed by atoms with Crippen LogP contribution in [-0.4, -0.2) is 19.2 Å². The Morgan fingerprint density at radius 3 is 2.53 bits per heavy atom. The van der Waals surface area contributed by atoms with E-state index in [0.29, 0.717) is 5.92 Å². The molecular weight excluding hydrogens is 234 g/mol. The number of ether oxygens (including phenoxy) is 1. The summed E-state index contributed by atoms with van der Waals surface area (Å²) < 4.78 is 5.77. The number of hydrogen-bond donors (Lipinski definition) is 1. The van der Waals surface area contributed by atoms with Crippen molar-refractivity contribution >= 4 is 0 Å². The summed E-state index contributed by atoms with van der Waals surface area (Å²) in [7, 11) is 0. The Kier molecular flexibility index (Phi) is 5.71. The first-order valence-corrected chi connectivity index (χ1v) is 7.75. The van der Waals surface area contributed by atoms with Crippen molar-refractivity contribution in [2.24, 2.45) is 0 Å². The molecular formula is C17H27NO. The Balaban J connectivity index is 1.67. The molecule has 19 heavy (non-hydrogen) atoms. The van der Waals surface area contributed by atoms with Crippen LogP contribution in [0.4, 0.5) is 0 Å². The lowest BCUT2D eigenvalue weighted by molar-refractivity contribution is 0.305. The fourth-order valence-electron chi connectivity index (χ4n) is 2.69. The summed E-state index contributed by atoms with van der Waals surface area (Å²) in [5.74, 6) is 1.62. The van der Waals surface area contributed by atoms with Crippen LogP contribution in [0.25, 0.3) is 0 Å². The quantitative estimate of drug-likeness (QED) is 0.746. The SMILES string of the molecule is CCC(C)c1ccc(OCCNC2CCCC2)cc1. The molecule has 0 amide bonds. The minimum Gasteiger partial charge on any atom is -0.492 e. The van der Waals surface area contributed by atoms with Crippen LogP contribution in [0.3, 0.4) is 0 Å². The van der Waals surface area contributed by atoms with Gasteiger partial charge in [-0.1, -0.05) is 38.8 Å². The van der Waals surface area contributed by atoms with Crippen molar-refractivity contribution in [1.82, 2.24) is 5.32 Å². The average molecular weight is 261 g/mol. The van der Waals surface area contributed by atoms with Gasteiger partial charge in [-0.05, 0) is 42.9 Å². The van der Waals surface area contributed by atoms with E-state index >= 15 is 0 Å². The fraction of sp³-hybridized carbons (Fsp3) is 0.647. The molecule has 1 aliphatic carbocycles. The van der Waals surface area contributed by atoms with Gasteiger partial charge in [0, 0.05) is 12.6 Å². The van der Waals surface area contributed by atoms with Crippen molar-refractivity contribution in [3.05, 3.63) is 29.8 Å². The van der Waals surface area contributed by atoms with Crippen molar-refractivity contribution in [3.63, 3.8) is 0 Å². The van der Waals surface area contributed by atoms with Crippen molar-refractivity contribution < 1.29 is 4.74 Å². The van der Waals surface area contributed by atoms with Gasteiger partial charge in [-0.3, -0.25) is 0 Å². The van der Waals surface area contributed by atoms with Gasteiger partial charge in [-0.15, -0.1) is 0 Å². The van der Waals surface area contributed by atoms with Crippen LogP contribution in [0.15, 0.2) is 24.3 Å². The second-order valence-corrected chi connectivity index (χ2v) is 5.66. The van der Waals surface area contributed by atoms with Gasteiger partial charge in [0.2, 0.25) is 0 Å². The summed E-state index contributed by atoms with van der Waals surface area (Å²) in [6.45, 7) is 6.21. The number of benzene rings is 1. The lowest BCUT2D eigenvalue weighted by Crippen LogP contribution is -2.30. The summed E-state index contributed by atoms with van der Waals surface area (Å²) >= 11 is 0. The van der Waals surface area contributed by atoms with Crippen LogP contribution in [0.2, 0.25) is 0 Å². The Morgan fingerprint density at radius 1 is 1.21 bits per heavy atom. The van der Waals surface area contributed by atoms with Crippen LogP contribution < -0.4 is 10.1 Å². The summed E-state index contributed by atoms with van der Waals surface area (Å²) in [5, 5.41) is 3.57. The summed E-state index contributed by atoms with van der Waals surface area (Å²) in [6.07, 6.45) is 6.63. The van der Waals surface area contributed by atoms with Gasteiger partial charge in [-0.2, -0.15) is 0 Å². The summed E-state index contributed by atoms with van der Waals surface area (Å²) in [4.78, 5) is 0. The highest BCUT2D eigenvalue weighted by molar-refractivity contribution is 5.29. The Bertz CT molecular complexity index is 354. The lowest BCUT2D eigenvalue weighted by Gasteiger charge is -2.13. The van der Waals surface area contributed by atoms with E-state index in [0.717, 1.165) is 24.9 Å². The van der Waals surface area contributed by atoms with Gasteiger partial charge in [0.05, 0.1) is 0 Å². The van der Waals surface area contributed by atoms with E-state index < -0.39 is 0 Å². The van der Waals surface area contributed by atoms with E-state index in [2.05, 4.69) is 43.4 Å². The molecule has 1 unspecified atom stereocenters. The molecule has 1 saturated carbocycles. The zero-order valence-corrected chi connectivity index (χ0v) is 12.3. The molecule has 106 valence electrons. The molecule has 2 rings (SSSR count). The van der Waals surface area contributed by atoms with E-state index in [1.54, 1.807) is 0 Å². The summed E-state index contributed by atoms with van der Waals surface area (Å²) in [6, 6.07) is 9.30. The first kappa shape index (κ1) is 14.4. The first-order chi connectivity index (χ1) is 9.29. The largest absolute Gasteiger partial charge is 0.492 e. The van der Waals surface area contributed by atoms with Crippen molar-refractivity contribution in [2.45, 2.75) is 57.9 Å². The third-order valence-electron chi connectivity index (χ3n) is 4.22. The maximum Gasteiger partial charge on any atom is 0.119 e. The third-order valence-corrected chi connectivity index (χ3v) is 4.22.